The summed E-state index contributed by atoms with van der Waals surface area (Å²) in [6.07, 6.45) is -4.53. The number of hydrogen-bond donors (Lipinski definition) is 0. The molecule has 0 aliphatic carbocycles. The minimum Gasteiger partial charge on any atom is -0.207 e. The molecule has 0 atom stereocenters. The van der Waals surface area contributed by atoms with E-state index in [0.29, 0.717) is 5.56 Å². The first-order chi connectivity index (χ1) is 8.90. The fourth-order valence-electron chi connectivity index (χ4n) is 1.66. The van der Waals surface area contributed by atoms with Crippen molar-refractivity contribution in [3.63, 3.8) is 0 Å². The normalized spacial score (nSPS) is 11.1. The molecule has 0 radical (unpaired) electrons. The summed E-state index contributed by atoms with van der Waals surface area (Å²) in [5.41, 5.74) is -0.338. The number of nitriles is 1. The van der Waals surface area contributed by atoms with Gasteiger partial charge in [-0.1, -0.05) is 12.1 Å². The Labute approximate surface area is 106 Å². The fourth-order valence-corrected chi connectivity index (χ4v) is 1.66. The second-order valence-electron chi connectivity index (χ2n) is 3.92. The monoisotopic (exact) mass is 265 g/mol. The molecule has 0 N–H and O–H groups in total. The van der Waals surface area contributed by atoms with Gasteiger partial charge in [0.15, 0.2) is 0 Å². The predicted molar refractivity (Wildman–Crippen MR) is 61.6 cm³/mol. The van der Waals surface area contributed by atoms with Gasteiger partial charge in [0.05, 0.1) is 17.2 Å². The van der Waals surface area contributed by atoms with E-state index in [2.05, 4.69) is 0 Å². The second-order valence-corrected chi connectivity index (χ2v) is 3.92. The van der Waals surface area contributed by atoms with E-state index in [9.17, 15) is 17.6 Å². The SMILES string of the molecule is N#Cc1cc(-c2ccc(F)cc2)cc(C(F)(F)F)c1. The van der Waals surface area contributed by atoms with Crippen LogP contribution in [0.5, 0.6) is 0 Å². The number of rotatable bonds is 1. The molecule has 0 bridgehead atoms. The van der Waals surface area contributed by atoms with E-state index >= 15 is 0 Å². The summed E-state index contributed by atoms with van der Waals surface area (Å²) in [4.78, 5) is 0. The summed E-state index contributed by atoms with van der Waals surface area (Å²) >= 11 is 0. The van der Waals surface area contributed by atoms with Gasteiger partial charge in [-0.05, 0) is 41.5 Å². The van der Waals surface area contributed by atoms with Crippen LogP contribution in [0.2, 0.25) is 0 Å². The molecule has 0 heterocycles. The van der Waals surface area contributed by atoms with E-state index in [1.165, 1.54) is 18.2 Å². The summed E-state index contributed by atoms with van der Waals surface area (Å²) in [7, 11) is 0. The van der Waals surface area contributed by atoms with Crippen molar-refractivity contribution in [3.8, 4) is 17.2 Å². The highest BCUT2D eigenvalue weighted by atomic mass is 19.4. The van der Waals surface area contributed by atoms with Crippen LogP contribution in [0.3, 0.4) is 0 Å². The molecule has 2 aromatic carbocycles. The third-order valence-electron chi connectivity index (χ3n) is 2.57. The number of benzene rings is 2. The lowest BCUT2D eigenvalue weighted by atomic mass is 10.00. The van der Waals surface area contributed by atoms with Gasteiger partial charge in [-0.2, -0.15) is 18.4 Å². The van der Waals surface area contributed by atoms with Crippen molar-refractivity contribution >= 4 is 0 Å². The van der Waals surface area contributed by atoms with E-state index in [1.54, 1.807) is 6.07 Å². The molecule has 96 valence electrons. The van der Waals surface area contributed by atoms with Gasteiger partial charge < -0.3 is 0 Å². The van der Waals surface area contributed by atoms with Crippen LogP contribution in [-0.2, 0) is 6.18 Å². The lowest BCUT2D eigenvalue weighted by Crippen LogP contribution is -2.05. The van der Waals surface area contributed by atoms with Gasteiger partial charge in [-0.15, -0.1) is 0 Å². The van der Waals surface area contributed by atoms with Gasteiger partial charge in [0.2, 0.25) is 0 Å². The summed E-state index contributed by atoms with van der Waals surface area (Å²) < 4.78 is 50.9. The minimum absolute atomic E-state index is 0.0888. The molecular formula is C14H7F4N. The molecule has 2 rings (SSSR count). The van der Waals surface area contributed by atoms with Crippen molar-refractivity contribution in [2.75, 3.05) is 0 Å². The third kappa shape index (κ3) is 2.91. The van der Waals surface area contributed by atoms with Crippen molar-refractivity contribution in [2.24, 2.45) is 0 Å². The molecule has 0 saturated heterocycles. The molecule has 5 heteroatoms. The third-order valence-corrected chi connectivity index (χ3v) is 2.57. The van der Waals surface area contributed by atoms with E-state index < -0.39 is 17.6 Å². The molecule has 0 unspecified atom stereocenters. The van der Waals surface area contributed by atoms with Crippen LogP contribution in [0.4, 0.5) is 17.6 Å². The molecule has 19 heavy (non-hydrogen) atoms. The standard InChI is InChI=1S/C14H7F4N/c15-13-3-1-10(2-4-13)11-5-9(8-19)6-12(7-11)14(16,17)18/h1-7H. The molecule has 0 aliphatic rings. The first kappa shape index (κ1) is 13.1. The average Bonchev–Trinajstić information content (AvgIpc) is 2.38. The van der Waals surface area contributed by atoms with E-state index in [1.807, 2.05) is 0 Å². The molecule has 1 nitrogen and oxygen atoms in total. The molecule has 0 saturated carbocycles. The van der Waals surface area contributed by atoms with Crippen LogP contribution in [-0.4, -0.2) is 0 Å². The van der Waals surface area contributed by atoms with Gasteiger partial charge in [0, 0.05) is 0 Å². The first-order valence-electron chi connectivity index (χ1n) is 5.28. The Balaban J connectivity index is 2.58. The number of nitrogens with zero attached hydrogens (tertiary/aromatic N) is 1. The molecule has 0 spiro atoms. The minimum atomic E-state index is -4.53. The highest BCUT2D eigenvalue weighted by Crippen LogP contribution is 2.33. The Bertz CT molecular complexity index is 636. The summed E-state index contributed by atoms with van der Waals surface area (Å²) in [5.74, 6) is -0.476. The van der Waals surface area contributed by atoms with E-state index in [4.69, 9.17) is 5.26 Å². The summed E-state index contributed by atoms with van der Waals surface area (Å²) in [6, 6.07) is 9.79. The summed E-state index contributed by atoms with van der Waals surface area (Å²) in [5, 5.41) is 8.77. The summed E-state index contributed by atoms with van der Waals surface area (Å²) in [6.45, 7) is 0. The van der Waals surface area contributed by atoms with Gasteiger partial charge >= 0.3 is 6.18 Å². The van der Waals surface area contributed by atoms with Crippen molar-refractivity contribution in [1.82, 2.24) is 0 Å². The number of hydrogen-bond acceptors (Lipinski definition) is 1. The Morgan fingerprint density at radius 1 is 0.895 bits per heavy atom. The largest absolute Gasteiger partial charge is 0.416 e. The molecule has 0 aromatic heterocycles. The Kier molecular flexibility index (Phi) is 3.26. The van der Waals surface area contributed by atoms with Gasteiger partial charge in [-0.3, -0.25) is 0 Å². The Hall–Kier alpha value is -2.35. The Morgan fingerprint density at radius 2 is 1.53 bits per heavy atom. The highest BCUT2D eigenvalue weighted by Gasteiger charge is 2.31. The van der Waals surface area contributed by atoms with Crippen LogP contribution < -0.4 is 0 Å². The zero-order valence-electron chi connectivity index (χ0n) is 9.50. The van der Waals surface area contributed by atoms with Gasteiger partial charge in [0.1, 0.15) is 5.82 Å². The van der Waals surface area contributed by atoms with Crippen LogP contribution >= 0.6 is 0 Å². The maximum absolute atomic E-state index is 12.8. The average molecular weight is 265 g/mol. The lowest BCUT2D eigenvalue weighted by molar-refractivity contribution is -0.137. The van der Waals surface area contributed by atoms with Crippen molar-refractivity contribution in [3.05, 3.63) is 59.4 Å². The zero-order valence-corrected chi connectivity index (χ0v) is 9.50. The molecule has 0 amide bonds. The Morgan fingerprint density at radius 3 is 2.05 bits per heavy atom. The maximum Gasteiger partial charge on any atom is 0.416 e. The van der Waals surface area contributed by atoms with Crippen LogP contribution in [0.25, 0.3) is 11.1 Å². The molecule has 0 aliphatic heterocycles. The quantitative estimate of drug-likeness (QED) is 0.702. The van der Waals surface area contributed by atoms with Crippen LogP contribution in [0, 0.1) is 17.1 Å². The first-order valence-corrected chi connectivity index (χ1v) is 5.28. The van der Waals surface area contributed by atoms with Crippen molar-refractivity contribution in [2.45, 2.75) is 6.18 Å². The van der Waals surface area contributed by atoms with E-state index in [0.717, 1.165) is 24.3 Å². The zero-order chi connectivity index (χ0) is 14.0. The number of alkyl halides is 3. The van der Waals surface area contributed by atoms with Crippen LogP contribution in [0.1, 0.15) is 11.1 Å². The smallest absolute Gasteiger partial charge is 0.207 e. The van der Waals surface area contributed by atoms with Crippen molar-refractivity contribution in [1.29, 1.82) is 5.26 Å². The number of halogens is 4. The van der Waals surface area contributed by atoms with Gasteiger partial charge in [-0.25, -0.2) is 4.39 Å². The van der Waals surface area contributed by atoms with E-state index in [-0.39, 0.29) is 11.1 Å². The second kappa shape index (κ2) is 4.73. The maximum atomic E-state index is 12.8. The predicted octanol–water partition coefficient (Wildman–Crippen LogP) is 4.38. The topological polar surface area (TPSA) is 23.8 Å². The van der Waals surface area contributed by atoms with Crippen LogP contribution in [0.15, 0.2) is 42.5 Å². The molecular weight excluding hydrogens is 258 g/mol. The highest BCUT2D eigenvalue weighted by molar-refractivity contribution is 5.66. The van der Waals surface area contributed by atoms with Crippen molar-refractivity contribution < 1.29 is 17.6 Å². The fraction of sp³-hybridized carbons (Fsp3) is 0.0714. The van der Waals surface area contributed by atoms with Gasteiger partial charge in [0.25, 0.3) is 0 Å². The molecule has 2 aromatic rings. The lowest BCUT2D eigenvalue weighted by Gasteiger charge is -2.10. The molecule has 0 fully saturated rings.